The van der Waals surface area contributed by atoms with Crippen molar-refractivity contribution in [2.45, 2.75) is 38.6 Å². The average Bonchev–Trinajstić information content (AvgIpc) is 2.60. The van der Waals surface area contributed by atoms with Crippen LogP contribution in [0.25, 0.3) is 0 Å². The number of benzene rings is 2. The molecule has 3 nitrogen and oxygen atoms in total. The molecule has 124 valence electrons. The van der Waals surface area contributed by atoms with Crippen LogP contribution in [0, 0.1) is 17.1 Å². The van der Waals surface area contributed by atoms with Crippen molar-refractivity contribution >= 4 is 5.91 Å². The van der Waals surface area contributed by atoms with Crippen molar-refractivity contribution in [3.05, 3.63) is 71.0 Å². The predicted octanol–water partition coefficient (Wildman–Crippen LogP) is 4.09. The monoisotopic (exact) mass is 324 g/mol. The number of carbonyl (C=O) groups excluding carboxylic acids is 1. The number of nitrogens with zero attached hydrogens (tertiary/aromatic N) is 1. The largest absolute Gasteiger partial charge is 0.336 e. The number of amides is 1. The van der Waals surface area contributed by atoms with Gasteiger partial charge in [0.2, 0.25) is 5.91 Å². The molecule has 0 fully saturated rings. The molecule has 0 spiro atoms. The lowest BCUT2D eigenvalue weighted by atomic mass is 10.0. The van der Waals surface area contributed by atoms with E-state index in [0.29, 0.717) is 0 Å². The maximum absolute atomic E-state index is 13.7. The molecular formula is C20H21FN2O. The Morgan fingerprint density at radius 3 is 2.46 bits per heavy atom. The van der Waals surface area contributed by atoms with E-state index in [1.165, 1.54) is 17.7 Å². The standard InChI is InChI=1S/C20H21FN2O/c1-2-3-6-15-9-11-16(12-10-15)13-20(24)23-19(14-22)17-7-4-5-8-18(17)21/h4-5,7-12,19H,2-3,6,13H2,1H3,(H,23,24). The second-order valence-electron chi connectivity index (χ2n) is 5.75. The molecule has 0 aromatic heterocycles. The van der Waals surface area contributed by atoms with Gasteiger partial charge in [0.05, 0.1) is 12.5 Å². The van der Waals surface area contributed by atoms with Crippen LogP contribution in [0.3, 0.4) is 0 Å². The van der Waals surface area contributed by atoms with E-state index < -0.39 is 11.9 Å². The first-order valence-electron chi connectivity index (χ1n) is 8.15. The van der Waals surface area contributed by atoms with Crippen molar-refractivity contribution in [3.8, 4) is 6.07 Å². The van der Waals surface area contributed by atoms with Crippen molar-refractivity contribution in [2.24, 2.45) is 0 Å². The van der Waals surface area contributed by atoms with Crippen LogP contribution in [0.1, 0.15) is 42.5 Å². The molecule has 2 rings (SSSR count). The summed E-state index contributed by atoms with van der Waals surface area (Å²) in [6.45, 7) is 2.15. The summed E-state index contributed by atoms with van der Waals surface area (Å²) in [6, 6.07) is 14.8. The number of halogens is 1. The minimum Gasteiger partial charge on any atom is -0.336 e. The highest BCUT2D eigenvalue weighted by Crippen LogP contribution is 2.16. The SMILES string of the molecule is CCCCc1ccc(CC(=O)NC(C#N)c2ccccc2F)cc1. The third-order valence-electron chi connectivity index (χ3n) is 3.86. The normalized spacial score (nSPS) is 11.5. The maximum Gasteiger partial charge on any atom is 0.225 e. The fourth-order valence-electron chi connectivity index (χ4n) is 2.49. The Kier molecular flexibility index (Phi) is 6.51. The number of nitrogens with one attached hydrogen (secondary N) is 1. The highest BCUT2D eigenvalue weighted by atomic mass is 19.1. The summed E-state index contributed by atoms with van der Waals surface area (Å²) in [5.74, 6) is -0.796. The van der Waals surface area contributed by atoms with Crippen molar-refractivity contribution in [1.82, 2.24) is 5.32 Å². The minimum atomic E-state index is -0.984. The van der Waals surface area contributed by atoms with Crippen LogP contribution in [0.5, 0.6) is 0 Å². The summed E-state index contributed by atoms with van der Waals surface area (Å²) in [6.07, 6.45) is 3.50. The van der Waals surface area contributed by atoms with E-state index >= 15 is 0 Å². The van der Waals surface area contributed by atoms with Gasteiger partial charge in [0, 0.05) is 5.56 Å². The topological polar surface area (TPSA) is 52.9 Å². The summed E-state index contributed by atoms with van der Waals surface area (Å²) in [4.78, 5) is 12.1. The van der Waals surface area contributed by atoms with E-state index in [1.54, 1.807) is 12.1 Å². The fraction of sp³-hybridized carbons (Fsp3) is 0.300. The Bertz CT molecular complexity index is 719. The number of hydrogen-bond acceptors (Lipinski definition) is 2. The molecular weight excluding hydrogens is 303 g/mol. The Morgan fingerprint density at radius 2 is 1.83 bits per heavy atom. The van der Waals surface area contributed by atoms with Gasteiger partial charge in [-0.15, -0.1) is 0 Å². The lowest BCUT2D eigenvalue weighted by molar-refractivity contribution is -0.120. The molecule has 0 heterocycles. The first-order chi connectivity index (χ1) is 11.6. The molecule has 1 amide bonds. The van der Waals surface area contributed by atoms with E-state index in [9.17, 15) is 14.4 Å². The zero-order valence-corrected chi connectivity index (χ0v) is 13.8. The molecule has 0 aliphatic carbocycles. The molecule has 1 atom stereocenters. The maximum atomic E-state index is 13.7. The van der Waals surface area contributed by atoms with E-state index in [1.807, 2.05) is 30.3 Å². The number of nitriles is 1. The number of rotatable bonds is 7. The molecule has 4 heteroatoms. The van der Waals surface area contributed by atoms with Crippen LogP contribution in [0.4, 0.5) is 4.39 Å². The van der Waals surface area contributed by atoms with Crippen LogP contribution in [0.15, 0.2) is 48.5 Å². The molecule has 1 N–H and O–H groups in total. The second-order valence-corrected chi connectivity index (χ2v) is 5.75. The van der Waals surface area contributed by atoms with E-state index in [-0.39, 0.29) is 17.9 Å². The summed E-state index contributed by atoms with van der Waals surface area (Å²) < 4.78 is 13.7. The van der Waals surface area contributed by atoms with Crippen molar-refractivity contribution in [3.63, 3.8) is 0 Å². The van der Waals surface area contributed by atoms with Crippen molar-refractivity contribution in [1.29, 1.82) is 5.26 Å². The average molecular weight is 324 g/mol. The van der Waals surface area contributed by atoms with Gasteiger partial charge in [0.1, 0.15) is 11.9 Å². The van der Waals surface area contributed by atoms with E-state index in [2.05, 4.69) is 12.2 Å². The Hall–Kier alpha value is -2.67. The molecule has 2 aromatic carbocycles. The summed E-state index contributed by atoms with van der Waals surface area (Å²) >= 11 is 0. The molecule has 2 aromatic rings. The number of carbonyl (C=O) groups is 1. The lowest BCUT2D eigenvalue weighted by Crippen LogP contribution is -2.29. The van der Waals surface area contributed by atoms with E-state index in [4.69, 9.17) is 0 Å². The van der Waals surface area contributed by atoms with Crippen molar-refractivity contribution in [2.75, 3.05) is 0 Å². The zero-order valence-electron chi connectivity index (χ0n) is 13.8. The van der Waals surface area contributed by atoms with Gasteiger partial charge in [-0.25, -0.2) is 4.39 Å². The molecule has 24 heavy (non-hydrogen) atoms. The third-order valence-corrected chi connectivity index (χ3v) is 3.86. The Morgan fingerprint density at radius 1 is 1.17 bits per heavy atom. The predicted molar refractivity (Wildman–Crippen MR) is 91.7 cm³/mol. The quantitative estimate of drug-likeness (QED) is 0.834. The summed E-state index contributed by atoms with van der Waals surface area (Å²) in [5.41, 5.74) is 2.31. The van der Waals surface area contributed by atoms with Crippen molar-refractivity contribution < 1.29 is 9.18 Å². The second kappa shape index (κ2) is 8.83. The molecule has 0 saturated carbocycles. The van der Waals surface area contributed by atoms with Gasteiger partial charge in [-0.2, -0.15) is 5.26 Å². The first-order valence-corrected chi connectivity index (χ1v) is 8.15. The lowest BCUT2D eigenvalue weighted by Gasteiger charge is -2.13. The summed E-state index contributed by atoms with van der Waals surface area (Å²) in [5, 5.41) is 11.8. The summed E-state index contributed by atoms with van der Waals surface area (Å²) in [7, 11) is 0. The molecule has 0 saturated heterocycles. The first kappa shape index (κ1) is 17.7. The van der Waals surface area contributed by atoms with Gasteiger partial charge in [-0.05, 0) is 30.0 Å². The van der Waals surface area contributed by atoms with Gasteiger partial charge in [0.15, 0.2) is 0 Å². The van der Waals surface area contributed by atoms with Crippen LogP contribution in [-0.4, -0.2) is 5.91 Å². The number of unbranched alkanes of at least 4 members (excludes halogenated alkanes) is 1. The molecule has 0 radical (unpaired) electrons. The third kappa shape index (κ3) is 4.92. The fourth-order valence-corrected chi connectivity index (χ4v) is 2.49. The number of aryl methyl sites for hydroxylation is 1. The van der Waals surface area contributed by atoms with Crippen LogP contribution in [0.2, 0.25) is 0 Å². The highest BCUT2D eigenvalue weighted by molar-refractivity contribution is 5.79. The Balaban J connectivity index is 1.97. The molecule has 0 bridgehead atoms. The smallest absolute Gasteiger partial charge is 0.225 e. The van der Waals surface area contributed by atoms with Gasteiger partial charge >= 0.3 is 0 Å². The highest BCUT2D eigenvalue weighted by Gasteiger charge is 2.17. The molecule has 0 aliphatic heterocycles. The van der Waals surface area contributed by atoms with Gasteiger partial charge < -0.3 is 5.32 Å². The van der Waals surface area contributed by atoms with Crippen LogP contribution in [-0.2, 0) is 17.6 Å². The van der Waals surface area contributed by atoms with Crippen LogP contribution >= 0.6 is 0 Å². The minimum absolute atomic E-state index is 0.167. The Labute approximate surface area is 142 Å². The van der Waals surface area contributed by atoms with Crippen LogP contribution < -0.4 is 5.32 Å². The van der Waals surface area contributed by atoms with E-state index in [0.717, 1.165) is 24.8 Å². The number of hydrogen-bond donors (Lipinski definition) is 1. The molecule has 1 unspecified atom stereocenters. The van der Waals surface area contributed by atoms with Gasteiger partial charge in [0.25, 0.3) is 0 Å². The molecule has 0 aliphatic rings. The van der Waals surface area contributed by atoms with Gasteiger partial charge in [-0.1, -0.05) is 55.8 Å². The van der Waals surface area contributed by atoms with Gasteiger partial charge in [-0.3, -0.25) is 4.79 Å². The zero-order chi connectivity index (χ0) is 17.4.